The lowest BCUT2D eigenvalue weighted by molar-refractivity contribution is -0.144. The molecule has 2 aromatic heterocycles. The highest BCUT2D eigenvalue weighted by molar-refractivity contribution is 7.13. The summed E-state index contributed by atoms with van der Waals surface area (Å²) < 4.78 is 47.2. The number of likely N-dealkylation sites (tertiary alicyclic amines) is 1. The number of piperazine rings is 1. The maximum atomic E-state index is 14.0. The number of aliphatic hydroxyl groups excluding tert-OH is 1. The molecule has 0 spiro atoms. The zero-order valence-corrected chi connectivity index (χ0v) is 42.0. The predicted molar refractivity (Wildman–Crippen MR) is 271 cm³/mol. The van der Waals surface area contributed by atoms with E-state index >= 15 is 0 Å². The van der Waals surface area contributed by atoms with E-state index in [1.54, 1.807) is 74.0 Å². The minimum atomic E-state index is -4.95. The summed E-state index contributed by atoms with van der Waals surface area (Å²) in [6, 6.07) is 18.1. The molecule has 21 heteroatoms. The first-order valence-corrected chi connectivity index (χ1v) is 24.7. The Morgan fingerprint density at radius 3 is 2.23 bits per heavy atom. The molecule has 2 aliphatic rings. The van der Waals surface area contributed by atoms with E-state index in [-0.39, 0.29) is 51.4 Å². The molecule has 2 aliphatic heterocycles. The molecule has 7 rings (SSSR count). The first kappa shape index (κ1) is 53.8. The van der Waals surface area contributed by atoms with Crippen molar-refractivity contribution >= 4 is 52.2 Å². The second kappa shape index (κ2) is 23.3. The van der Waals surface area contributed by atoms with Crippen LogP contribution in [0.25, 0.3) is 21.6 Å². The van der Waals surface area contributed by atoms with Crippen LogP contribution in [0.1, 0.15) is 71.1 Å². The normalized spacial score (nSPS) is 16.7. The molecular weight excluding hydrogens is 968 g/mol. The van der Waals surface area contributed by atoms with E-state index in [1.807, 2.05) is 49.2 Å². The van der Waals surface area contributed by atoms with Crippen LogP contribution in [0.2, 0.25) is 0 Å². The largest absolute Gasteiger partial charge is 0.417 e. The number of hydrogen-bond donors (Lipinski definition) is 6. The Balaban J connectivity index is 0.885. The van der Waals surface area contributed by atoms with Crippen molar-refractivity contribution in [2.75, 3.05) is 69.7 Å². The van der Waals surface area contributed by atoms with Gasteiger partial charge in [0, 0.05) is 76.5 Å². The predicted octanol–water partition coefficient (Wildman–Crippen LogP) is 5.44. The summed E-state index contributed by atoms with van der Waals surface area (Å²) in [6.45, 7) is 10.4. The van der Waals surface area contributed by atoms with Crippen LogP contribution in [0.5, 0.6) is 0 Å². The second-order valence-corrected chi connectivity index (χ2v) is 20.1. The number of nitrogens with zero attached hydrogens (tertiary/aromatic N) is 4. The Kier molecular flexibility index (Phi) is 17.2. The van der Waals surface area contributed by atoms with Crippen LogP contribution in [0.3, 0.4) is 0 Å². The fraction of sp³-hybridized carbons (Fsp3) is 0.404. The number of halogens is 3. The van der Waals surface area contributed by atoms with Crippen LogP contribution in [-0.4, -0.2) is 132 Å². The summed E-state index contributed by atoms with van der Waals surface area (Å²) in [5.41, 5.74) is 3.27. The SMILES string of the molecule is Cc1ncsc1-c1ccc(CNC(=O)[C@@H]2C[C@@H](O)CN2C(=O)[C@@H](NC(=O)CCOCCNC(=O)c2ccc(-c3ccc(N4CCN(C)CC4)c(NC(=O)c4c[nH]c(=O)cc4C(F)(F)F)c3)cc2)C(C)(C)C)cc1. The lowest BCUT2D eigenvalue weighted by Crippen LogP contribution is -2.57. The number of nitrogens with one attached hydrogen (secondary N) is 5. The van der Waals surface area contributed by atoms with Crippen molar-refractivity contribution in [1.82, 2.24) is 35.7 Å². The third-order valence-corrected chi connectivity index (χ3v) is 13.7. The molecule has 0 radical (unpaired) electrons. The number of thiazole rings is 1. The van der Waals surface area contributed by atoms with Crippen molar-refractivity contribution in [1.29, 1.82) is 0 Å². The van der Waals surface area contributed by atoms with Gasteiger partial charge in [0.1, 0.15) is 12.1 Å². The lowest BCUT2D eigenvalue weighted by atomic mass is 9.85. The molecule has 2 fully saturated rings. The van der Waals surface area contributed by atoms with Gasteiger partial charge in [-0.05, 0) is 65.9 Å². The average molecular weight is 1030 g/mol. The van der Waals surface area contributed by atoms with Crippen LogP contribution in [0.4, 0.5) is 24.5 Å². The number of hydrogen-bond acceptors (Lipinski definition) is 12. The molecule has 3 aromatic carbocycles. The fourth-order valence-corrected chi connectivity index (χ4v) is 9.47. The fourth-order valence-electron chi connectivity index (χ4n) is 8.66. The van der Waals surface area contributed by atoms with Crippen LogP contribution in [0, 0.1) is 12.3 Å². The Labute approximate surface area is 424 Å². The molecular formula is C52H60F3N9O8S. The van der Waals surface area contributed by atoms with Gasteiger partial charge in [0.2, 0.25) is 23.3 Å². The number of ether oxygens (including phenoxy) is 1. The number of aromatic nitrogens is 2. The van der Waals surface area contributed by atoms with Gasteiger partial charge in [-0.15, -0.1) is 11.3 Å². The van der Waals surface area contributed by atoms with Gasteiger partial charge in [0.15, 0.2) is 0 Å². The molecule has 388 valence electrons. The van der Waals surface area contributed by atoms with Crippen LogP contribution in [-0.2, 0) is 31.8 Å². The number of rotatable bonds is 17. The minimum absolute atomic E-state index is 0.00981. The maximum Gasteiger partial charge on any atom is 0.417 e. The van der Waals surface area contributed by atoms with Crippen molar-refractivity contribution in [3.8, 4) is 21.6 Å². The topological polar surface area (TPSA) is 218 Å². The van der Waals surface area contributed by atoms with E-state index < -0.39 is 76.0 Å². The standard InChI is InChI=1S/C52H60F3N9O8S/c1-31-45(73-30-59-31)34-8-6-32(7-9-34)27-58-49(70)42-25-37(65)29-64(42)50(71)46(51(2,3)4)61-43(66)16-22-72-23-17-56-47(68)35-12-10-33(11-13-35)36-14-15-41(63-20-18-62(5)19-21-63)40(24-36)60-48(69)38-28-57-44(67)26-39(38)52(53,54)55/h6-15,24,26,28,30,37,42,46,65H,16-23,25,27,29H2,1-5H3,(H,56,68)(H,57,67)(H,58,70)(H,60,69)(H,61,66)/t37-,42+,46-/m1/s1. The molecule has 0 bridgehead atoms. The number of pyridine rings is 1. The van der Waals surface area contributed by atoms with Crippen molar-refractivity contribution < 1.29 is 47.0 Å². The average Bonchev–Trinajstić information content (AvgIpc) is 3.98. The minimum Gasteiger partial charge on any atom is -0.391 e. The zero-order valence-electron chi connectivity index (χ0n) is 41.2. The third-order valence-electron chi connectivity index (χ3n) is 12.8. The van der Waals surface area contributed by atoms with Crippen molar-refractivity contribution in [3.63, 3.8) is 0 Å². The number of aryl methyl sites for hydroxylation is 1. The number of amides is 5. The van der Waals surface area contributed by atoms with E-state index in [9.17, 15) is 47.0 Å². The van der Waals surface area contributed by atoms with Crippen molar-refractivity contribution in [2.24, 2.45) is 5.41 Å². The smallest absolute Gasteiger partial charge is 0.391 e. The summed E-state index contributed by atoms with van der Waals surface area (Å²) in [5, 5.41) is 21.7. The monoisotopic (exact) mass is 1030 g/mol. The summed E-state index contributed by atoms with van der Waals surface area (Å²) in [7, 11) is 1.98. The first-order chi connectivity index (χ1) is 34.7. The molecule has 2 saturated heterocycles. The lowest BCUT2D eigenvalue weighted by Gasteiger charge is -2.35. The van der Waals surface area contributed by atoms with E-state index in [1.165, 1.54) is 4.90 Å². The van der Waals surface area contributed by atoms with Gasteiger partial charge in [-0.1, -0.05) is 63.2 Å². The molecule has 73 heavy (non-hydrogen) atoms. The van der Waals surface area contributed by atoms with Gasteiger partial charge in [0.05, 0.1) is 57.9 Å². The molecule has 0 saturated carbocycles. The summed E-state index contributed by atoms with van der Waals surface area (Å²) in [4.78, 5) is 91.9. The Morgan fingerprint density at radius 1 is 0.890 bits per heavy atom. The first-order valence-electron chi connectivity index (χ1n) is 23.9. The number of aromatic amines is 1. The number of carbonyl (C=O) groups is 5. The van der Waals surface area contributed by atoms with E-state index in [4.69, 9.17) is 4.74 Å². The number of H-pyrrole nitrogens is 1. The second-order valence-electron chi connectivity index (χ2n) is 19.2. The number of carbonyl (C=O) groups excluding carboxylic acids is 5. The number of anilines is 2. The van der Waals surface area contributed by atoms with E-state index in [0.29, 0.717) is 41.5 Å². The molecule has 0 aliphatic carbocycles. The Bertz CT molecular complexity index is 2840. The quantitative estimate of drug-likeness (QED) is 0.0645. The third kappa shape index (κ3) is 13.8. The van der Waals surface area contributed by atoms with Gasteiger partial charge < -0.3 is 50.8 Å². The van der Waals surface area contributed by atoms with Crippen LogP contribution >= 0.6 is 11.3 Å². The number of likely N-dealkylation sites (N-methyl/N-ethyl adjacent to an activating group) is 1. The Morgan fingerprint density at radius 2 is 1.58 bits per heavy atom. The molecule has 0 unspecified atom stereocenters. The summed E-state index contributed by atoms with van der Waals surface area (Å²) in [6.07, 6.45) is -5.15. The summed E-state index contributed by atoms with van der Waals surface area (Å²) >= 11 is 1.55. The molecule has 5 amide bonds. The number of β-amino-alcohol motifs (C(OH)–C–C–N with tert-alkyl or cyclic N) is 1. The van der Waals surface area contributed by atoms with E-state index in [0.717, 1.165) is 41.0 Å². The number of aliphatic hydroxyl groups is 1. The zero-order chi connectivity index (χ0) is 52.6. The molecule has 3 atom stereocenters. The van der Waals surface area contributed by atoms with Gasteiger partial charge in [-0.2, -0.15) is 13.2 Å². The number of alkyl halides is 3. The molecule has 5 aromatic rings. The van der Waals surface area contributed by atoms with Crippen LogP contribution < -0.4 is 31.7 Å². The van der Waals surface area contributed by atoms with Gasteiger partial charge in [-0.25, -0.2) is 4.98 Å². The number of benzene rings is 3. The molecule has 17 nitrogen and oxygen atoms in total. The highest BCUT2D eigenvalue weighted by Crippen LogP contribution is 2.35. The summed E-state index contributed by atoms with van der Waals surface area (Å²) in [5.74, 6) is -2.79. The highest BCUT2D eigenvalue weighted by Gasteiger charge is 2.44. The highest BCUT2D eigenvalue weighted by atomic mass is 32.1. The van der Waals surface area contributed by atoms with Gasteiger partial charge in [-0.3, -0.25) is 28.8 Å². The molecule has 4 heterocycles. The van der Waals surface area contributed by atoms with Gasteiger partial charge in [0.25, 0.3) is 11.8 Å². The van der Waals surface area contributed by atoms with Gasteiger partial charge >= 0.3 is 6.18 Å². The van der Waals surface area contributed by atoms with Crippen LogP contribution in [0.15, 0.2) is 89.3 Å². The van der Waals surface area contributed by atoms with Crippen molar-refractivity contribution in [2.45, 2.75) is 71.4 Å². The Hall–Kier alpha value is -6.94. The van der Waals surface area contributed by atoms with E-state index in [2.05, 4.69) is 36.1 Å². The van der Waals surface area contributed by atoms with Crippen molar-refractivity contribution in [3.05, 3.63) is 123 Å². The molecule has 6 N–H and O–H groups in total. The maximum absolute atomic E-state index is 14.0.